The van der Waals surface area contributed by atoms with Crippen LogP contribution in [0.25, 0.3) is 10.9 Å². The number of aromatic amines is 1. The predicted octanol–water partition coefficient (Wildman–Crippen LogP) is 3.21. The summed E-state index contributed by atoms with van der Waals surface area (Å²) < 4.78 is 42.2. The van der Waals surface area contributed by atoms with Gasteiger partial charge in [-0.1, -0.05) is 0 Å². The molecule has 0 aliphatic carbocycles. The minimum Gasteiger partial charge on any atom is -0.406 e. The monoisotopic (exact) mass is 341 g/mol. The minimum atomic E-state index is -4.76. The smallest absolute Gasteiger partial charge is 0.406 e. The summed E-state index contributed by atoms with van der Waals surface area (Å²) >= 11 is 1.30. The van der Waals surface area contributed by atoms with Gasteiger partial charge in [-0.25, -0.2) is 0 Å². The van der Waals surface area contributed by atoms with E-state index in [1.807, 2.05) is 0 Å². The van der Waals surface area contributed by atoms with Crippen molar-refractivity contribution >= 4 is 28.1 Å². The van der Waals surface area contributed by atoms with E-state index >= 15 is 0 Å². The summed E-state index contributed by atoms with van der Waals surface area (Å²) in [6, 6.07) is 5.35. The topological polar surface area (TPSA) is 59.4 Å². The summed E-state index contributed by atoms with van der Waals surface area (Å²) in [6.07, 6.45) is -3.00. The molecule has 2 heterocycles. The van der Waals surface area contributed by atoms with E-state index in [0.29, 0.717) is 15.7 Å². The Morgan fingerprint density at radius 3 is 2.78 bits per heavy atom. The minimum absolute atomic E-state index is 0.192. The van der Waals surface area contributed by atoms with Crippen LogP contribution >= 0.6 is 11.3 Å². The molecule has 0 saturated carbocycles. The van der Waals surface area contributed by atoms with E-state index in [9.17, 15) is 18.0 Å². The van der Waals surface area contributed by atoms with Crippen LogP contribution in [0, 0.1) is 0 Å². The first-order valence-electron chi connectivity index (χ1n) is 6.39. The first kappa shape index (κ1) is 15.3. The number of benzene rings is 1. The van der Waals surface area contributed by atoms with E-state index in [-0.39, 0.29) is 11.4 Å². The van der Waals surface area contributed by atoms with Gasteiger partial charge in [0.05, 0.1) is 0 Å². The second-order valence-corrected chi connectivity index (χ2v) is 5.57. The molecule has 2 aromatic heterocycles. The van der Waals surface area contributed by atoms with Crippen molar-refractivity contribution in [2.24, 2.45) is 12.0 Å². The third kappa shape index (κ3) is 3.45. The molecule has 1 amide bonds. The van der Waals surface area contributed by atoms with Crippen LogP contribution in [0.4, 0.5) is 13.2 Å². The number of aryl methyl sites for hydroxylation is 1. The maximum absolute atomic E-state index is 12.2. The fourth-order valence-electron chi connectivity index (χ4n) is 2.00. The number of thiazole rings is 1. The number of H-pyrrole nitrogens is 1. The number of carbonyl (C=O) groups excluding carboxylic acids is 1. The number of fused-ring (bicyclic) bond motifs is 1. The Labute approximate surface area is 131 Å². The third-order valence-electron chi connectivity index (χ3n) is 3.01. The first-order valence-corrected chi connectivity index (χ1v) is 7.27. The molecule has 0 bridgehead atoms. The van der Waals surface area contributed by atoms with E-state index < -0.39 is 12.3 Å². The standard InChI is InChI=1S/C14H10F3N3O2S/c1-20-4-5-23-13(20)19-12(21)11-6-8-2-3-9(7-10(8)18-11)22-14(15,16)17/h2-7,18H,1H3. The number of rotatable bonds is 2. The molecule has 3 aromatic rings. The molecule has 0 fully saturated rings. The Hall–Kier alpha value is -2.55. The van der Waals surface area contributed by atoms with E-state index in [0.717, 1.165) is 0 Å². The fraction of sp³-hybridized carbons (Fsp3) is 0.143. The van der Waals surface area contributed by atoms with Crippen molar-refractivity contribution in [2.45, 2.75) is 6.36 Å². The number of ether oxygens (including phenoxy) is 1. The highest BCUT2D eigenvalue weighted by molar-refractivity contribution is 7.07. The van der Waals surface area contributed by atoms with Crippen molar-refractivity contribution < 1.29 is 22.7 Å². The lowest BCUT2D eigenvalue weighted by Gasteiger charge is -2.08. The van der Waals surface area contributed by atoms with Crippen molar-refractivity contribution in [3.05, 3.63) is 46.3 Å². The highest BCUT2D eigenvalue weighted by atomic mass is 32.1. The number of halogens is 3. The van der Waals surface area contributed by atoms with Crippen LogP contribution in [0.1, 0.15) is 10.5 Å². The number of aromatic nitrogens is 2. The highest BCUT2D eigenvalue weighted by Crippen LogP contribution is 2.26. The summed E-state index contributed by atoms with van der Waals surface area (Å²) in [5.41, 5.74) is 0.554. The number of nitrogens with zero attached hydrogens (tertiary/aromatic N) is 2. The van der Waals surface area contributed by atoms with Gasteiger partial charge in [0.1, 0.15) is 11.4 Å². The van der Waals surface area contributed by atoms with E-state index in [2.05, 4.69) is 14.7 Å². The van der Waals surface area contributed by atoms with Crippen LogP contribution in [-0.4, -0.2) is 21.8 Å². The van der Waals surface area contributed by atoms with Crippen molar-refractivity contribution in [2.75, 3.05) is 0 Å². The van der Waals surface area contributed by atoms with Crippen molar-refractivity contribution in [1.29, 1.82) is 0 Å². The Bertz CT molecular complexity index is 937. The molecule has 3 rings (SSSR count). The average molecular weight is 341 g/mol. The Balaban J connectivity index is 1.94. The molecule has 0 saturated heterocycles. The fourth-order valence-corrected chi connectivity index (χ4v) is 2.73. The van der Waals surface area contributed by atoms with Gasteiger partial charge in [-0.3, -0.25) is 4.79 Å². The molecular weight excluding hydrogens is 331 g/mol. The SMILES string of the molecule is Cn1ccsc1=NC(=O)c1cc2ccc(OC(F)(F)F)cc2[nH]1. The quantitative estimate of drug-likeness (QED) is 0.778. The van der Waals surface area contributed by atoms with Gasteiger partial charge in [0, 0.05) is 35.6 Å². The Morgan fingerprint density at radius 2 is 2.13 bits per heavy atom. The second-order valence-electron chi connectivity index (χ2n) is 4.69. The lowest BCUT2D eigenvalue weighted by molar-refractivity contribution is -0.274. The van der Waals surface area contributed by atoms with Gasteiger partial charge in [0.25, 0.3) is 5.91 Å². The largest absolute Gasteiger partial charge is 0.573 e. The Morgan fingerprint density at radius 1 is 1.35 bits per heavy atom. The maximum Gasteiger partial charge on any atom is 0.573 e. The first-order chi connectivity index (χ1) is 10.8. The molecule has 1 N–H and O–H groups in total. The van der Waals surface area contributed by atoms with Crippen LogP contribution in [0.3, 0.4) is 0 Å². The molecule has 5 nitrogen and oxygen atoms in total. The van der Waals surface area contributed by atoms with E-state index in [1.54, 1.807) is 23.2 Å². The molecule has 0 atom stereocenters. The van der Waals surface area contributed by atoms with Gasteiger partial charge < -0.3 is 14.3 Å². The van der Waals surface area contributed by atoms with Gasteiger partial charge in [-0.15, -0.1) is 24.5 Å². The predicted molar refractivity (Wildman–Crippen MR) is 78.2 cm³/mol. The molecule has 0 aliphatic heterocycles. The van der Waals surface area contributed by atoms with Gasteiger partial charge in [-0.05, 0) is 18.2 Å². The third-order valence-corrected chi connectivity index (χ3v) is 3.86. The summed E-state index contributed by atoms with van der Waals surface area (Å²) in [4.78, 5) is 19.4. The number of carbonyl (C=O) groups is 1. The van der Waals surface area contributed by atoms with Crippen LogP contribution in [0.5, 0.6) is 5.75 Å². The number of hydrogen-bond donors (Lipinski definition) is 1. The molecule has 120 valence electrons. The molecule has 0 radical (unpaired) electrons. The van der Waals surface area contributed by atoms with Crippen LogP contribution < -0.4 is 9.54 Å². The number of nitrogens with one attached hydrogen (secondary N) is 1. The van der Waals surface area contributed by atoms with Crippen molar-refractivity contribution in [1.82, 2.24) is 9.55 Å². The molecule has 23 heavy (non-hydrogen) atoms. The zero-order chi connectivity index (χ0) is 16.6. The molecule has 9 heteroatoms. The number of hydrogen-bond acceptors (Lipinski definition) is 3. The Kier molecular flexibility index (Phi) is 3.72. The summed E-state index contributed by atoms with van der Waals surface area (Å²) in [7, 11) is 1.76. The molecule has 0 spiro atoms. The zero-order valence-electron chi connectivity index (χ0n) is 11.7. The second kappa shape index (κ2) is 5.58. The maximum atomic E-state index is 12.2. The highest BCUT2D eigenvalue weighted by Gasteiger charge is 2.31. The molecule has 0 unspecified atom stereocenters. The summed E-state index contributed by atoms with van der Waals surface area (Å²) in [5.74, 6) is -0.856. The van der Waals surface area contributed by atoms with E-state index in [4.69, 9.17) is 0 Å². The molecule has 0 aliphatic rings. The molecule has 1 aromatic carbocycles. The van der Waals surface area contributed by atoms with Gasteiger partial charge in [-0.2, -0.15) is 4.99 Å². The van der Waals surface area contributed by atoms with Gasteiger partial charge in [0.2, 0.25) is 0 Å². The van der Waals surface area contributed by atoms with Crippen LogP contribution in [0.15, 0.2) is 40.8 Å². The van der Waals surface area contributed by atoms with Gasteiger partial charge in [0.15, 0.2) is 4.80 Å². The number of alkyl halides is 3. The number of amides is 1. The summed E-state index contributed by atoms with van der Waals surface area (Å²) in [6.45, 7) is 0. The van der Waals surface area contributed by atoms with Crippen molar-refractivity contribution in [3.63, 3.8) is 0 Å². The van der Waals surface area contributed by atoms with Crippen LogP contribution in [0.2, 0.25) is 0 Å². The zero-order valence-corrected chi connectivity index (χ0v) is 12.5. The lowest BCUT2D eigenvalue weighted by Crippen LogP contribution is -2.16. The van der Waals surface area contributed by atoms with Crippen molar-refractivity contribution in [3.8, 4) is 5.75 Å². The molecular formula is C14H10F3N3O2S. The van der Waals surface area contributed by atoms with Crippen LogP contribution in [-0.2, 0) is 7.05 Å². The lowest BCUT2D eigenvalue weighted by atomic mass is 10.2. The average Bonchev–Trinajstić information content (AvgIpc) is 3.03. The normalized spacial score (nSPS) is 12.8. The van der Waals surface area contributed by atoms with E-state index in [1.165, 1.54) is 35.6 Å². The summed E-state index contributed by atoms with van der Waals surface area (Å²) in [5, 5.41) is 2.38. The van der Waals surface area contributed by atoms with Gasteiger partial charge >= 0.3 is 6.36 Å².